The summed E-state index contributed by atoms with van der Waals surface area (Å²) in [4.78, 5) is 26.9. The summed E-state index contributed by atoms with van der Waals surface area (Å²) in [7, 11) is 0. The van der Waals surface area contributed by atoms with E-state index in [2.05, 4.69) is 15.9 Å². The number of carbonyl (C=O) groups excluding carboxylic acids is 2. The van der Waals surface area contributed by atoms with E-state index in [1.54, 1.807) is 18.2 Å². The van der Waals surface area contributed by atoms with Crippen molar-refractivity contribution in [1.82, 2.24) is 0 Å². The molecule has 0 saturated carbocycles. The van der Waals surface area contributed by atoms with Crippen LogP contribution in [-0.4, -0.2) is 25.0 Å². The number of benzene rings is 2. The van der Waals surface area contributed by atoms with E-state index in [0.29, 0.717) is 24.5 Å². The summed E-state index contributed by atoms with van der Waals surface area (Å²) in [6.07, 6.45) is 0.128. The van der Waals surface area contributed by atoms with Crippen LogP contribution < -0.4 is 4.90 Å². The predicted molar refractivity (Wildman–Crippen MR) is 90.4 cm³/mol. The lowest BCUT2D eigenvalue weighted by Crippen LogP contribution is -2.44. The fourth-order valence-electron chi connectivity index (χ4n) is 3.11. The Labute approximate surface area is 147 Å². The average Bonchev–Trinajstić information content (AvgIpc) is 3.16. The molecule has 2 aliphatic heterocycles. The first-order valence-corrected chi connectivity index (χ1v) is 8.40. The molecule has 24 heavy (non-hydrogen) atoms. The lowest BCUT2D eigenvalue weighted by molar-refractivity contribution is -0.181. The molecule has 0 atom stereocenters. The fourth-order valence-corrected chi connectivity index (χ4v) is 3.38. The zero-order valence-electron chi connectivity index (χ0n) is 12.7. The zero-order chi connectivity index (χ0) is 16.7. The van der Waals surface area contributed by atoms with Crippen molar-refractivity contribution in [2.75, 3.05) is 18.1 Å². The number of amides is 2. The van der Waals surface area contributed by atoms with Crippen LogP contribution in [0.5, 0.6) is 0 Å². The molecular weight excluding hydrogens is 374 g/mol. The van der Waals surface area contributed by atoms with Gasteiger partial charge in [-0.25, -0.2) is 4.90 Å². The molecule has 0 N–H and O–H groups in total. The normalized spacial score (nSPS) is 18.2. The number of carbonyl (C=O) groups is 2. The van der Waals surface area contributed by atoms with Gasteiger partial charge in [0.05, 0.1) is 25.3 Å². The molecule has 122 valence electrons. The minimum Gasteiger partial charge on any atom is -0.336 e. The van der Waals surface area contributed by atoms with Gasteiger partial charge < -0.3 is 9.47 Å². The molecule has 1 spiro atoms. The van der Waals surface area contributed by atoms with E-state index in [1.807, 2.05) is 30.3 Å². The third-order valence-corrected chi connectivity index (χ3v) is 4.72. The van der Waals surface area contributed by atoms with Crippen molar-refractivity contribution < 1.29 is 19.1 Å². The summed E-state index contributed by atoms with van der Waals surface area (Å²) in [6.45, 7) is 0.656. The summed E-state index contributed by atoms with van der Waals surface area (Å²) in [6, 6.07) is 14.6. The van der Waals surface area contributed by atoms with Gasteiger partial charge in [-0.15, -0.1) is 0 Å². The molecule has 1 fully saturated rings. The van der Waals surface area contributed by atoms with Gasteiger partial charge in [-0.1, -0.05) is 46.3 Å². The smallest absolute Gasteiger partial charge is 0.299 e. The average molecular weight is 388 g/mol. The van der Waals surface area contributed by atoms with Crippen molar-refractivity contribution in [3.8, 4) is 0 Å². The molecule has 2 heterocycles. The molecule has 2 aromatic carbocycles. The summed E-state index contributed by atoms with van der Waals surface area (Å²) in [5, 5.41) is 0. The SMILES string of the molecule is O=C(Cc1ccc(Br)cc1)N1C(=O)C2(OCCO2)c2ccccc21. The Bertz CT molecular complexity index is 812. The third-order valence-electron chi connectivity index (χ3n) is 4.20. The maximum absolute atomic E-state index is 12.9. The van der Waals surface area contributed by atoms with E-state index in [4.69, 9.17) is 9.47 Å². The molecule has 2 aromatic rings. The quantitative estimate of drug-likeness (QED) is 0.794. The second-order valence-electron chi connectivity index (χ2n) is 5.67. The molecule has 2 amide bonds. The number of anilines is 1. The van der Waals surface area contributed by atoms with E-state index in [1.165, 1.54) is 4.90 Å². The molecule has 4 rings (SSSR count). The topological polar surface area (TPSA) is 55.8 Å². The van der Waals surface area contributed by atoms with Crippen molar-refractivity contribution in [1.29, 1.82) is 0 Å². The number of halogens is 1. The van der Waals surface area contributed by atoms with E-state index in [-0.39, 0.29) is 12.3 Å². The van der Waals surface area contributed by atoms with Gasteiger partial charge in [-0.2, -0.15) is 0 Å². The molecule has 0 unspecified atom stereocenters. The van der Waals surface area contributed by atoms with Crippen LogP contribution in [0.2, 0.25) is 0 Å². The predicted octanol–water partition coefficient (Wildman–Crippen LogP) is 2.76. The van der Waals surface area contributed by atoms with Crippen molar-refractivity contribution in [3.63, 3.8) is 0 Å². The third kappa shape index (κ3) is 2.30. The highest BCUT2D eigenvalue weighted by Crippen LogP contribution is 2.45. The number of nitrogens with zero attached hydrogens (tertiary/aromatic N) is 1. The van der Waals surface area contributed by atoms with Crippen LogP contribution in [0.3, 0.4) is 0 Å². The van der Waals surface area contributed by atoms with Gasteiger partial charge in [-0.05, 0) is 23.8 Å². The highest BCUT2D eigenvalue weighted by molar-refractivity contribution is 9.10. The number of imide groups is 1. The molecule has 1 saturated heterocycles. The van der Waals surface area contributed by atoms with Crippen molar-refractivity contribution in [2.24, 2.45) is 0 Å². The zero-order valence-corrected chi connectivity index (χ0v) is 14.3. The van der Waals surface area contributed by atoms with Gasteiger partial charge in [0, 0.05) is 10.0 Å². The van der Waals surface area contributed by atoms with Gasteiger partial charge in [0.15, 0.2) is 0 Å². The van der Waals surface area contributed by atoms with Crippen molar-refractivity contribution in [3.05, 3.63) is 64.1 Å². The van der Waals surface area contributed by atoms with Crippen LogP contribution in [0.1, 0.15) is 11.1 Å². The molecule has 6 heteroatoms. The van der Waals surface area contributed by atoms with E-state index in [9.17, 15) is 9.59 Å². The minimum atomic E-state index is -1.47. The van der Waals surface area contributed by atoms with E-state index < -0.39 is 11.7 Å². The highest BCUT2D eigenvalue weighted by atomic mass is 79.9. The van der Waals surface area contributed by atoms with Gasteiger partial charge >= 0.3 is 0 Å². The number of hydrogen-bond donors (Lipinski definition) is 0. The molecule has 0 aliphatic carbocycles. The Hall–Kier alpha value is -2.02. The van der Waals surface area contributed by atoms with Crippen LogP contribution in [-0.2, 0) is 31.3 Å². The van der Waals surface area contributed by atoms with Gasteiger partial charge in [0.25, 0.3) is 11.7 Å². The lowest BCUT2D eigenvalue weighted by Gasteiger charge is -2.21. The summed E-state index contributed by atoms with van der Waals surface area (Å²) in [5.41, 5.74) is 1.96. The van der Waals surface area contributed by atoms with Crippen LogP contribution in [0.4, 0.5) is 5.69 Å². The lowest BCUT2D eigenvalue weighted by atomic mass is 10.1. The number of rotatable bonds is 2. The summed E-state index contributed by atoms with van der Waals surface area (Å²) < 4.78 is 12.2. The highest BCUT2D eigenvalue weighted by Gasteiger charge is 2.57. The van der Waals surface area contributed by atoms with Gasteiger partial charge in [0.1, 0.15) is 0 Å². The Morgan fingerprint density at radius 1 is 1.08 bits per heavy atom. The molecule has 2 aliphatic rings. The summed E-state index contributed by atoms with van der Waals surface area (Å²) in [5.74, 6) is -2.24. The second kappa shape index (κ2) is 5.81. The Morgan fingerprint density at radius 2 is 1.75 bits per heavy atom. The first kappa shape index (κ1) is 15.5. The largest absolute Gasteiger partial charge is 0.336 e. The maximum atomic E-state index is 12.9. The van der Waals surface area contributed by atoms with Gasteiger partial charge in [0.2, 0.25) is 5.91 Å². The number of ether oxygens (including phenoxy) is 2. The number of fused-ring (bicyclic) bond motifs is 2. The monoisotopic (exact) mass is 387 g/mol. The molecule has 5 nitrogen and oxygen atoms in total. The Balaban J connectivity index is 1.69. The molecular formula is C18H14BrNO4. The first-order valence-electron chi connectivity index (χ1n) is 7.61. The van der Waals surface area contributed by atoms with Crippen LogP contribution >= 0.6 is 15.9 Å². The van der Waals surface area contributed by atoms with E-state index in [0.717, 1.165) is 10.0 Å². The molecule has 0 bridgehead atoms. The molecule has 0 aromatic heterocycles. The number of hydrogen-bond acceptors (Lipinski definition) is 4. The minimum absolute atomic E-state index is 0.128. The maximum Gasteiger partial charge on any atom is 0.299 e. The molecule has 0 radical (unpaired) electrons. The van der Waals surface area contributed by atoms with Crippen LogP contribution in [0.15, 0.2) is 53.0 Å². The number of para-hydroxylation sites is 1. The standard InChI is InChI=1S/C18H14BrNO4/c19-13-7-5-12(6-8-13)11-16(21)20-15-4-2-1-3-14(15)18(17(20)22)23-9-10-24-18/h1-8H,9-11H2. The van der Waals surface area contributed by atoms with Crippen LogP contribution in [0, 0.1) is 0 Å². The Morgan fingerprint density at radius 3 is 2.46 bits per heavy atom. The summed E-state index contributed by atoms with van der Waals surface area (Å²) >= 11 is 3.37. The van der Waals surface area contributed by atoms with Crippen LogP contribution in [0.25, 0.3) is 0 Å². The van der Waals surface area contributed by atoms with Crippen molar-refractivity contribution >= 4 is 33.4 Å². The van der Waals surface area contributed by atoms with E-state index >= 15 is 0 Å². The Kier molecular flexibility index (Phi) is 3.75. The second-order valence-corrected chi connectivity index (χ2v) is 6.58. The fraction of sp³-hybridized carbons (Fsp3) is 0.222. The van der Waals surface area contributed by atoms with Crippen molar-refractivity contribution in [2.45, 2.75) is 12.2 Å². The van der Waals surface area contributed by atoms with Gasteiger partial charge in [-0.3, -0.25) is 9.59 Å². The first-order chi connectivity index (χ1) is 11.6.